The Balaban J connectivity index is 1.82. The Kier molecular flexibility index (Phi) is 5.06. The van der Waals surface area contributed by atoms with Crippen LogP contribution in [0.15, 0.2) is 48.1 Å². The zero-order chi connectivity index (χ0) is 17.0. The molecule has 1 fully saturated rings. The Hall–Kier alpha value is -2.06. The number of aliphatic hydroxyl groups is 1. The molecule has 1 aromatic rings. The van der Waals surface area contributed by atoms with E-state index >= 15 is 0 Å². The molecule has 3 rings (SSSR count). The number of terminal acetylenes is 1. The van der Waals surface area contributed by atoms with Crippen molar-refractivity contribution in [1.29, 1.82) is 0 Å². The lowest BCUT2D eigenvalue weighted by atomic mass is 9.83. The molecule has 2 unspecified atom stereocenters. The molecule has 0 radical (unpaired) electrons. The Morgan fingerprint density at radius 1 is 1.29 bits per heavy atom. The summed E-state index contributed by atoms with van der Waals surface area (Å²) >= 11 is 0. The molecule has 0 bridgehead atoms. The van der Waals surface area contributed by atoms with E-state index in [0.717, 1.165) is 37.6 Å². The lowest BCUT2D eigenvalue weighted by Crippen LogP contribution is -2.36. The summed E-state index contributed by atoms with van der Waals surface area (Å²) in [7, 11) is 1.67. The highest BCUT2D eigenvalue weighted by molar-refractivity contribution is 5.53. The minimum absolute atomic E-state index is 0.0412. The van der Waals surface area contributed by atoms with Crippen LogP contribution >= 0.6 is 0 Å². The van der Waals surface area contributed by atoms with Crippen molar-refractivity contribution in [3.63, 3.8) is 0 Å². The molecule has 1 heterocycles. The lowest BCUT2D eigenvalue weighted by Gasteiger charge is -2.30. The third kappa shape index (κ3) is 3.25. The summed E-state index contributed by atoms with van der Waals surface area (Å²) in [6.45, 7) is 3.25. The molecule has 1 aliphatic carbocycles. The van der Waals surface area contributed by atoms with E-state index < -0.39 is 5.60 Å². The molecule has 1 aliphatic heterocycles. The number of hydrogen-bond donors (Lipinski definition) is 1. The molecule has 24 heavy (non-hydrogen) atoms. The number of methoxy groups -OCH3 is 1. The highest BCUT2D eigenvalue weighted by Crippen LogP contribution is 2.33. The molecule has 2 atom stereocenters. The molecular formula is C20H23NO3. The van der Waals surface area contributed by atoms with E-state index in [2.05, 4.69) is 10.8 Å². The Labute approximate surface area is 143 Å². The summed E-state index contributed by atoms with van der Waals surface area (Å²) in [6, 6.07) is 7.82. The van der Waals surface area contributed by atoms with Gasteiger partial charge in [-0.3, -0.25) is 0 Å². The van der Waals surface area contributed by atoms with Gasteiger partial charge in [0.2, 0.25) is 0 Å². The van der Waals surface area contributed by atoms with Crippen LogP contribution in [0.4, 0.5) is 5.69 Å². The van der Waals surface area contributed by atoms with Gasteiger partial charge >= 0.3 is 0 Å². The van der Waals surface area contributed by atoms with Crippen LogP contribution in [-0.4, -0.2) is 44.6 Å². The van der Waals surface area contributed by atoms with Crippen molar-refractivity contribution >= 4 is 5.69 Å². The average Bonchev–Trinajstić information content (AvgIpc) is 2.68. The molecule has 0 amide bonds. The van der Waals surface area contributed by atoms with Gasteiger partial charge in [0.25, 0.3) is 0 Å². The number of rotatable bonds is 4. The smallest absolute Gasteiger partial charge is 0.176 e. The van der Waals surface area contributed by atoms with E-state index in [-0.39, 0.29) is 6.10 Å². The molecule has 4 nitrogen and oxygen atoms in total. The summed E-state index contributed by atoms with van der Waals surface area (Å²) in [5.41, 5.74) is 1.12. The van der Waals surface area contributed by atoms with Crippen LogP contribution in [0.2, 0.25) is 0 Å². The maximum atomic E-state index is 11.0. The molecule has 0 spiro atoms. The van der Waals surface area contributed by atoms with Crippen molar-refractivity contribution in [1.82, 2.24) is 0 Å². The van der Waals surface area contributed by atoms with Gasteiger partial charge in [-0.2, -0.15) is 0 Å². The number of benzene rings is 1. The monoisotopic (exact) mass is 325 g/mol. The molecular weight excluding hydrogens is 302 g/mol. The summed E-state index contributed by atoms with van der Waals surface area (Å²) < 4.78 is 10.7. The van der Waals surface area contributed by atoms with E-state index in [1.807, 2.05) is 42.5 Å². The van der Waals surface area contributed by atoms with Gasteiger partial charge in [0.15, 0.2) is 5.60 Å². The van der Waals surface area contributed by atoms with Crippen LogP contribution in [0.5, 0.6) is 0 Å². The molecule has 1 saturated heterocycles. The fourth-order valence-electron chi connectivity index (χ4n) is 3.11. The van der Waals surface area contributed by atoms with Gasteiger partial charge in [-0.05, 0) is 24.1 Å². The highest BCUT2D eigenvalue weighted by Gasteiger charge is 2.31. The van der Waals surface area contributed by atoms with Gasteiger partial charge in [0.1, 0.15) is 0 Å². The van der Waals surface area contributed by atoms with Crippen LogP contribution in [0.3, 0.4) is 0 Å². The third-order valence-electron chi connectivity index (χ3n) is 4.65. The predicted molar refractivity (Wildman–Crippen MR) is 94.8 cm³/mol. The van der Waals surface area contributed by atoms with Gasteiger partial charge in [-0.15, -0.1) is 6.42 Å². The van der Waals surface area contributed by atoms with Crippen molar-refractivity contribution in [3.8, 4) is 12.3 Å². The van der Waals surface area contributed by atoms with Crippen molar-refractivity contribution in [3.05, 3.63) is 53.6 Å². The normalized spacial score (nSPS) is 23.3. The van der Waals surface area contributed by atoms with Gasteiger partial charge in [0, 0.05) is 31.5 Å². The summed E-state index contributed by atoms with van der Waals surface area (Å²) in [6.07, 6.45) is 12.2. The zero-order valence-electron chi connectivity index (χ0n) is 13.9. The first kappa shape index (κ1) is 16.8. The van der Waals surface area contributed by atoms with Gasteiger partial charge < -0.3 is 19.5 Å². The molecule has 126 valence electrons. The topological polar surface area (TPSA) is 41.9 Å². The van der Waals surface area contributed by atoms with E-state index in [4.69, 9.17) is 15.9 Å². The first-order chi connectivity index (χ1) is 11.7. The van der Waals surface area contributed by atoms with Crippen LogP contribution < -0.4 is 4.90 Å². The zero-order valence-corrected chi connectivity index (χ0v) is 13.9. The van der Waals surface area contributed by atoms with E-state index in [1.165, 1.54) is 0 Å². The Morgan fingerprint density at radius 2 is 2.00 bits per heavy atom. The summed E-state index contributed by atoms with van der Waals surface area (Å²) in [4.78, 5) is 2.27. The van der Waals surface area contributed by atoms with E-state index in [0.29, 0.717) is 12.0 Å². The Bertz CT molecular complexity index is 665. The fourth-order valence-corrected chi connectivity index (χ4v) is 3.11. The first-order valence-electron chi connectivity index (χ1n) is 8.22. The minimum atomic E-state index is -1.42. The first-order valence-corrected chi connectivity index (χ1v) is 8.22. The largest absolute Gasteiger partial charge is 0.378 e. The minimum Gasteiger partial charge on any atom is -0.378 e. The number of anilines is 1. The van der Waals surface area contributed by atoms with E-state index in [9.17, 15) is 5.11 Å². The van der Waals surface area contributed by atoms with Crippen LogP contribution in [0, 0.1) is 12.3 Å². The second-order valence-electron chi connectivity index (χ2n) is 6.03. The maximum absolute atomic E-state index is 11.0. The Morgan fingerprint density at radius 3 is 2.54 bits per heavy atom. The van der Waals surface area contributed by atoms with Crippen molar-refractivity contribution in [2.24, 2.45) is 0 Å². The highest BCUT2D eigenvalue weighted by atomic mass is 16.5. The standard InChI is InChI=1S/C20H23NO3/c1-3-20(22,17-6-10-19(23-2)11-7-17)16-4-8-18(9-5-16)21-12-14-24-15-13-21/h1,4-10,19,22H,11-15H2,2H3. The molecule has 1 aromatic carbocycles. The number of hydrogen-bond acceptors (Lipinski definition) is 4. The average molecular weight is 325 g/mol. The van der Waals surface area contributed by atoms with Crippen molar-refractivity contribution in [2.75, 3.05) is 38.3 Å². The lowest BCUT2D eigenvalue weighted by molar-refractivity contribution is 0.122. The van der Waals surface area contributed by atoms with Gasteiger partial charge in [-0.25, -0.2) is 0 Å². The van der Waals surface area contributed by atoms with Crippen LogP contribution in [0.25, 0.3) is 0 Å². The summed E-state index contributed by atoms with van der Waals surface area (Å²) in [5, 5.41) is 11.0. The van der Waals surface area contributed by atoms with Crippen molar-refractivity contribution < 1.29 is 14.6 Å². The molecule has 4 heteroatoms. The molecule has 0 aromatic heterocycles. The number of nitrogens with zero attached hydrogens (tertiary/aromatic N) is 1. The molecule has 0 saturated carbocycles. The quantitative estimate of drug-likeness (QED) is 0.862. The maximum Gasteiger partial charge on any atom is 0.176 e. The van der Waals surface area contributed by atoms with Crippen molar-refractivity contribution in [2.45, 2.75) is 18.1 Å². The van der Waals surface area contributed by atoms with Crippen LogP contribution in [0.1, 0.15) is 12.0 Å². The number of ether oxygens (including phenoxy) is 2. The van der Waals surface area contributed by atoms with Gasteiger partial charge in [-0.1, -0.05) is 36.3 Å². The molecule has 1 N–H and O–H groups in total. The fraction of sp³-hybridized carbons (Fsp3) is 0.400. The third-order valence-corrected chi connectivity index (χ3v) is 4.65. The molecule has 2 aliphatic rings. The van der Waals surface area contributed by atoms with Crippen LogP contribution in [-0.2, 0) is 15.1 Å². The second-order valence-corrected chi connectivity index (χ2v) is 6.03. The second kappa shape index (κ2) is 7.23. The SMILES string of the molecule is C#CC(O)(C1=CCC(OC)C=C1)c1ccc(N2CCOCC2)cc1. The van der Waals surface area contributed by atoms with E-state index in [1.54, 1.807) is 7.11 Å². The summed E-state index contributed by atoms with van der Waals surface area (Å²) in [5.74, 6) is 2.56. The number of morpholine rings is 1. The predicted octanol–water partition coefficient (Wildman–Crippen LogP) is 2.25. The van der Waals surface area contributed by atoms with Gasteiger partial charge in [0.05, 0.1) is 19.3 Å².